The lowest BCUT2D eigenvalue weighted by Crippen LogP contribution is -2.60. The number of likely N-dealkylation sites (N-methyl/N-ethyl adjacent to an activating group) is 3. The van der Waals surface area contributed by atoms with Gasteiger partial charge in [-0.2, -0.15) is 0 Å². The van der Waals surface area contributed by atoms with E-state index in [1.807, 2.05) is 48.5 Å². The van der Waals surface area contributed by atoms with Crippen LogP contribution in [0.2, 0.25) is 0 Å². The van der Waals surface area contributed by atoms with Gasteiger partial charge in [-0.3, -0.25) is 52.7 Å². The number of amides is 11. The SMILES string of the molecule is CCC(C)C1C(=O)NCCC(=O)NC(C(C)C)C(=O)N(C)C(C(C)C)C(=O)NC(C)C(=O)NCCC(=O)NC(CC(C)C)C(=O)N(C)C(C(C)CC)C(=O)NC(C(C)C)C(=O)NCCC(=O)NC(CC(C)C)C(=O)N1C. The third kappa shape index (κ3) is 21.3. The molecule has 22 heteroatoms. The van der Waals surface area contributed by atoms with Crippen LogP contribution in [0.15, 0.2) is 0 Å². The Kier molecular flexibility index (Phi) is 29.3. The Labute approximate surface area is 453 Å². The molecule has 0 bridgehead atoms. The summed E-state index contributed by atoms with van der Waals surface area (Å²) in [5.41, 5.74) is 0. The van der Waals surface area contributed by atoms with Gasteiger partial charge in [-0.1, -0.05) is 110 Å². The van der Waals surface area contributed by atoms with Crippen LogP contribution in [0, 0.1) is 41.4 Å². The third-order valence-corrected chi connectivity index (χ3v) is 14.0. The molecule has 0 aromatic rings. The number of carbonyl (C=O) groups is 11. The first kappa shape index (κ1) is 68.2. The first-order chi connectivity index (χ1) is 35.3. The molecule has 8 N–H and O–H groups in total. The predicted molar refractivity (Wildman–Crippen MR) is 290 cm³/mol. The standard InChI is InChI=1S/C54H97N11O11/c1-19-34(13)45-49(71)57-26-23-41(68)61-43(32(9)10)54(76)63(16)44(33(11)12)50(72)58-36(15)47(69)55-24-21-39(66)60-38(28-30(5)6)53(75)65(18)46(35(14)20-2)51(73)62-42(31(7)8)48(70)56-25-22-40(67)59-37(27-29(3)4)52(74)64(45)17/h29-38,42-46H,19-28H2,1-18H3,(H,55,69)(H,56,70)(H,57,71)(H,58,72)(H,59,67)(H,60,66)(H,61,68)(H,62,73). The molecule has 0 aromatic carbocycles. The fraction of sp³-hybridized carbons (Fsp3) is 0.796. The molecule has 10 atom stereocenters. The van der Waals surface area contributed by atoms with Crippen molar-refractivity contribution >= 4 is 65.0 Å². The lowest BCUT2D eigenvalue weighted by Gasteiger charge is -2.35. The minimum absolute atomic E-state index is 0.0535. The second-order valence-corrected chi connectivity index (χ2v) is 22.6. The van der Waals surface area contributed by atoms with E-state index in [0.29, 0.717) is 12.8 Å². The zero-order chi connectivity index (χ0) is 58.5. The van der Waals surface area contributed by atoms with Crippen LogP contribution in [0.5, 0.6) is 0 Å². The topological polar surface area (TPSA) is 294 Å². The number of nitrogens with one attached hydrogen (secondary N) is 8. The van der Waals surface area contributed by atoms with Crippen molar-refractivity contribution in [3.05, 3.63) is 0 Å². The predicted octanol–water partition coefficient (Wildman–Crippen LogP) is 1.60. The number of carbonyl (C=O) groups excluding carboxylic acids is 11. The number of hydrogen-bond donors (Lipinski definition) is 8. The van der Waals surface area contributed by atoms with Crippen LogP contribution < -0.4 is 42.5 Å². The first-order valence-electron chi connectivity index (χ1n) is 27.4. The molecule has 22 nitrogen and oxygen atoms in total. The van der Waals surface area contributed by atoms with Gasteiger partial charge in [0.25, 0.3) is 0 Å². The highest BCUT2D eigenvalue weighted by atomic mass is 16.2. The number of rotatable bonds is 11. The van der Waals surface area contributed by atoms with Gasteiger partial charge in [0.2, 0.25) is 65.0 Å². The molecule has 1 saturated heterocycles. The molecule has 0 radical (unpaired) electrons. The molecule has 76 heavy (non-hydrogen) atoms. The molecule has 1 fully saturated rings. The molecule has 0 spiro atoms. The Balaban J connectivity index is 3.74. The van der Waals surface area contributed by atoms with E-state index in [-0.39, 0.29) is 75.4 Å². The zero-order valence-corrected chi connectivity index (χ0v) is 49.1. The minimum atomic E-state index is -1.10. The van der Waals surface area contributed by atoms with Gasteiger partial charge in [0, 0.05) is 60.0 Å². The summed E-state index contributed by atoms with van der Waals surface area (Å²) < 4.78 is 0. The second-order valence-electron chi connectivity index (χ2n) is 22.6. The van der Waals surface area contributed by atoms with Gasteiger partial charge in [0.05, 0.1) is 0 Å². The van der Waals surface area contributed by atoms with Gasteiger partial charge in [-0.05, 0) is 61.2 Å². The lowest BCUT2D eigenvalue weighted by atomic mass is 9.94. The molecule has 434 valence electrons. The molecular formula is C54H97N11O11. The summed E-state index contributed by atoms with van der Waals surface area (Å²) in [5, 5.41) is 22.0. The van der Waals surface area contributed by atoms with Crippen molar-refractivity contribution in [3.63, 3.8) is 0 Å². The van der Waals surface area contributed by atoms with Gasteiger partial charge >= 0.3 is 0 Å². The summed E-state index contributed by atoms with van der Waals surface area (Å²) in [4.78, 5) is 156. The normalized spacial score (nSPS) is 26.4. The van der Waals surface area contributed by atoms with Crippen molar-refractivity contribution < 1.29 is 52.7 Å². The Bertz CT molecular complexity index is 2000. The highest BCUT2D eigenvalue weighted by Crippen LogP contribution is 2.21. The summed E-state index contributed by atoms with van der Waals surface area (Å²) in [6, 6.07) is -8.42. The van der Waals surface area contributed by atoms with E-state index in [1.54, 1.807) is 48.5 Å². The van der Waals surface area contributed by atoms with E-state index in [1.165, 1.54) is 42.8 Å². The summed E-state index contributed by atoms with van der Waals surface area (Å²) in [6.07, 6.45) is 0.776. The van der Waals surface area contributed by atoms with Crippen molar-refractivity contribution in [3.8, 4) is 0 Å². The van der Waals surface area contributed by atoms with E-state index in [2.05, 4.69) is 42.5 Å². The van der Waals surface area contributed by atoms with E-state index in [4.69, 9.17) is 0 Å². The fourth-order valence-electron chi connectivity index (χ4n) is 9.21. The van der Waals surface area contributed by atoms with E-state index >= 15 is 0 Å². The average Bonchev–Trinajstić information content (AvgIpc) is 3.32. The summed E-state index contributed by atoms with van der Waals surface area (Å²) >= 11 is 0. The number of nitrogens with zero attached hydrogens (tertiary/aromatic N) is 3. The van der Waals surface area contributed by atoms with Crippen molar-refractivity contribution in [1.82, 2.24) is 57.2 Å². The van der Waals surface area contributed by atoms with Crippen molar-refractivity contribution in [2.45, 2.75) is 197 Å². The highest BCUT2D eigenvalue weighted by molar-refractivity contribution is 5.97. The van der Waals surface area contributed by atoms with E-state index in [0.717, 1.165) is 0 Å². The van der Waals surface area contributed by atoms with E-state index < -0.39 is 131 Å². The summed E-state index contributed by atoms with van der Waals surface area (Å²) in [6.45, 7) is 26.3. The fourth-order valence-corrected chi connectivity index (χ4v) is 9.21. The van der Waals surface area contributed by atoms with Gasteiger partial charge in [0.1, 0.15) is 48.3 Å². The maximum absolute atomic E-state index is 14.3. The van der Waals surface area contributed by atoms with Gasteiger partial charge < -0.3 is 57.2 Å². The van der Waals surface area contributed by atoms with Gasteiger partial charge in [-0.15, -0.1) is 0 Å². The van der Waals surface area contributed by atoms with Gasteiger partial charge in [-0.25, -0.2) is 0 Å². The molecule has 10 unspecified atom stereocenters. The van der Waals surface area contributed by atoms with Crippen LogP contribution in [-0.4, -0.2) is 169 Å². The molecule has 11 amide bonds. The van der Waals surface area contributed by atoms with Crippen LogP contribution in [0.25, 0.3) is 0 Å². The zero-order valence-electron chi connectivity index (χ0n) is 49.1. The molecule has 1 rings (SSSR count). The summed E-state index contributed by atoms with van der Waals surface area (Å²) in [7, 11) is 4.40. The van der Waals surface area contributed by atoms with Gasteiger partial charge in [0.15, 0.2) is 0 Å². The molecule has 1 aliphatic rings. The Morgan fingerprint density at radius 2 is 0.763 bits per heavy atom. The third-order valence-electron chi connectivity index (χ3n) is 14.0. The average molecular weight is 1080 g/mol. The van der Waals surface area contributed by atoms with Crippen LogP contribution in [0.1, 0.15) is 149 Å². The Hall–Kier alpha value is -5.83. The Morgan fingerprint density at radius 1 is 0.408 bits per heavy atom. The lowest BCUT2D eigenvalue weighted by molar-refractivity contribution is -0.145. The first-order valence-corrected chi connectivity index (χ1v) is 27.4. The smallest absolute Gasteiger partial charge is 0.245 e. The van der Waals surface area contributed by atoms with Crippen LogP contribution in [-0.2, 0) is 52.7 Å². The second kappa shape index (κ2) is 32.7. The quantitative estimate of drug-likeness (QED) is 0.147. The molecule has 0 saturated carbocycles. The van der Waals surface area contributed by atoms with Crippen LogP contribution in [0.4, 0.5) is 0 Å². The Morgan fingerprint density at radius 3 is 1.14 bits per heavy atom. The monoisotopic (exact) mass is 1080 g/mol. The molecular weight excluding hydrogens is 979 g/mol. The maximum Gasteiger partial charge on any atom is 0.245 e. The molecule has 1 aliphatic heterocycles. The van der Waals surface area contributed by atoms with Crippen molar-refractivity contribution in [2.75, 3.05) is 40.8 Å². The highest BCUT2D eigenvalue weighted by Gasteiger charge is 2.40. The molecule has 0 aromatic heterocycles. The summed E-state index contributed by atoms with van der Waals surface area (Å²) in [5.74, 6) is -8.32. The van der Waals surface area contributed by atoms with Crippen molar-refractivity contribution in [2.24, 2.45) is 41.4 Å². The van der Waals surface area contributed by atoms with E-state index in [9.17, 15) is 52.7 Å². The molecule has 0 aliphatic carbocycles. The van der Waals surface area contributed by atoms with Crippen LogP contribution >= 0.6 is 0 Å². The molecule has 1 heterocycles. The van der Waals surface area contributed by atoms with Crippen molar-refractivity contribution in [1.29, 1.82) is 0 Å². The minimum Gasteiger partial charge on any atom is -0.354 e. The van der Waals surface area contributed by atoms with Crippen LogP contribution in [0.3, 0.4) is 0 Å². The maximum atomic E-state index is 14.3. The largest absolute Gasteiger partial charge is 0.354 e. The number of hydrogen-bond acceptors (Lipinski definition) is 11.